The summed E-state index contributed by atoms with van der Waals surface area (Å²) >= 11 is 0. The van der Waals surface area contributed by atoms with Gasteiger partial charge in [0.15, 0.2) is 0 Å². The number of likely N-dealkylation sites (tertiary alicyclic amines) is 1. The fraction of sp³-hybridized carbons (Fsp3) is 0.679. The number of piperidine rings is 1. The van der Waals surface area contributed by atoms with Crippen LogP contribution in [0.5, 0.6) is 0 Å². The number of carbonyl (C=O) groups is 1. The predicted molar refractivity (Wildman–Crippen MR) is 138 cm³/mol. The molecule has 0 N–H and O–H groups in total. The quantitative estimate of drug-likeness (QED) is 0.493. The lowest BCUT2D eigenvalue weighted by atomic mass is 9.79. The Balaban J connectivity index is 0.00000158. The van der Waals surface area contributed by atoms with Crippen LogP contribution in [0.4, 0.5) is 0 Å². The van der Waals surface area contributed by atoms with E-state index < -0.39 is 5.97 Å². The van der Waals surface area contributed by atoms with Gasteiger partial charge in [0, 0.05) is 24.7 Å². The minimum atomic E-state index is -0.631. The van der Waals surface area contributed by atoms with Gasteiger partial charge in [-0.1, -0.05) is 65.0 Å². The van der Waals surface area contributed by atoms with Gasteiger partial charge in [-0.3, -0.25) is 9.69 Å². The number of ether oxygens (including phenoxy) is 1. The highest BCUT2D eigenvalue weighted by atomic mass is 16.5. The van der Waals surface area contributed by atoms with Gasteiger partial charge in [-0.25, -0.2) is 9.78 Å². The maximum absolute atomic E-state index is 13.4. The van der Waals surface area contributed by atoms with Crippen molar-refractivity contribution in [3.8, 4) is 0 Å². The summed E-state index contributed by atoms with van der Waals surface area (Å²) in [5, 5.41) is 0. The van der Waals surface area contributed by atoms with Crippen LogP contribution in [0.3, 0.4) is 0 Å². The van der Waals surface area contributed by atoms with Crippen molar-refractivity contribution in [2.45, 2.75) is 103 Å². The molecule has 0 atom stereocenters. The van der Waals surface area contributed by atoms with Gasteiger partial charge in [0.2, 0.25) is 5.69 Å². The average molecular weight is 470 g/mol. The molecule has 2 aliphatic rings. The van der Waals surface area contributed by atoms with E-state index in [4.69, 9.17) is 4.74 Å². The number of aromatic nitrogens is 2. The maximum atomic E-state index is 13.4. The fourth-order valence-electron chi connectivity index (χ4n) is 5.90. The third-order valence-corrected chi connectivity index (χ3v) is 7.71. The number of hydrogen-bond donors (Lipinski definition) is 0. The van der Waals surface area contributed by atoms with E-state index in [0.717, 1.165) is 31.4 Å². The summed E-state index contributed by atoms with van der Waals surface area (Å²) in [6.45, 7) is 10.3. The molecule has 1 saturated carbocycles. The molecule has 2 fully saturated rings. The third-order valence-electron chi connectivity index (χ3n) is 7.71. The molecule has 2 aromatic rings. The van der Waals surface area contributed by atoms with E-state index in [1.54, 1.807) is 6.92 Å². The lowest BCUT2D eigenvalue weighted by Crippen LogP contribution is -2.52. The zero-order valence-electron chi connectivity index (χ0n) is 21.6. The molecule has 1 aliphatic heterocycles. The van der Waals surface area contributed by atoms with Crippen LogP contribution in [0.2, 0.25) is 0 Å². The van der Waals surface area contributed by atoms with E-state index in [9.17, 15) is 9.59 Å². The van der Waals surface area contributed by atoms with Crippen LogP contribution in [0.1, 0.15) is 108 Å². The van der Waals surface area contributed by atoms with Crippen LogP contribution < -0.4 is 5.56 Å². The number of carbonyl (C=O) groups excluding carboxylic acids is 1. The second-order valence-electron chi connectivity index (χ2n) is 9.41. The van der Waals surface area contributed by atoms with Crippen LogP contribution in [-0.4, -0.2) is 45.7 Å². The highest BCUT2D eigenvalue weighted by molar-refractivity contribution is 5.89. The summed E-state index contributed by atoms with van der Waals surface area (Å²) in [5.74, 6) is -0.631. The Hall–Kier alpha value is -2.21. The van der Waals surface area contributed by atoms with E-state index in [1.165, 1.54) is 51.4 Å². The predicted octanol–water partition coefficient (Wildman–Crippen LogP) is 6.13. The Morgan fingerprint density at radius 3 is 2.26 bits per heavy atom. The summed E-state index contributed by atoms with van der Waals surface area (Å²) in [5.41, 5.74) is 1.37. The largest absolute Gasteiger partial charge is 0.461 e. The smallest absolute Gasteiger partial charge is 0.362 e. The van der Waals surface area contributed by atoms with Crippen LogP contribution >= 0.6 is 0 Å². The van der Waals surface area contributed by atoms with Crippen molar-refractivity contribution < 1.29 is 9.53 Å². The van der Waals surface area contributed by atoms with Crippen molar-refractivity contribution in [2.24, 2.45) is 0 Å². The van der Waals surface area contributed by atoms with Gasteiger partial charge in [-0.2, -0.15) is 0 Å². The molecule has 1 aliphatic carbocycles. The first-order valence-electron chi connectivity index (χ1n) is 13.5. The lowest BCUT2D eigenvalue weighted by molar-refractivity contribution is 0.0269. The van der Waals surface area contributed by atoms with E-state index >= 15 is 0 Å². The van der Waals surface area contributed by atoms with E-state index in [1.807, 2.05) is 42.7 Å². The number of hydrogen-bond acceptors (Lipinski definition) is 5. The molecule has 6 heteroatoms. The molecule has 0 radical (unpaired) electrons. The first kappa shape index (κ1) is 26.4. The Labute approximate surface area is 204 Å². The normalized spacial score (nSPS) is 19.5. The zero-order valence-corrected chi connectivity index (χ0v) is 21.6. The summed E-state index contributed by atoms with van der Waals surface area (Å²) in [6.07, 6.45) is 12.3. The Kier molecular flexibility index (Phi) is 9.69. The Bertz CT molecular complexity index is 984. The molecule has 1 aromatic heterocycles. The van der Waals surface area contributed by atoms with E-state index in [0.29, 0.717) is 11.1 Å². The van der Waals surface area contributed by atoms with Gasteiger partial charge < -0.3 is 9.30 Å². The second kappa shape index (κ2) is 12.5. The molecule has 0 unspecified atom stereocenters. The standard InChI is InChI=1S/C26H37N3O3.C2H6/c1-3-26(16-10-6-5-7-11-17-26)28-18-14-20(15-19-28)29-22-13-9-8-12-21(22)27-23(24(29)30)25(31)32-4-2;1-2/h8-9,12-13,20H,3-7,10-11,14-19H2,1-2H3;1-2H3. The molecule has 2 heterocycles. The third kappa shape index (κ3) is 5.54. The number of benzene rings is 1. The van der Waals surface area contributed by atoms with Crippen molar-refractivity contribution in [1.29, 1.82) is 0 Å². The Morgan fingerprint density at radius 1 is 1.03 bits per heavy atom. The minimum Gasteiger partial charge on any atom is -0.461 e. The molecule has 1 aromatic carbocycles. The molecule has 1 saturated heterocycles. The van der Waals surface area contributed by atoms with Gasteiger partial charge >= 0.3 is 5.97 Å². The van der Waals surface area contributed by atoms with Crippen LogP contribution in [-0.2, 0) is 4.74 Å². The van der Waals surface area contributed by atoms with Crippen molar-refractivity contribution in [2.75, 3.05) is 19.7 Å². The van der Waals surface area contributed by atoms with E-state index in [2.05, 4.69) is 16.8 Å². The molecule has 34 heavy (non-hydrogen) atoms. The maximum Gasteiger partial charge on any atom is 0.362 e. The topological polar surface area (TPSA) is 64.4 Å². The van der Waals surface area contributed by atoms with Crippen LogP contribution in [0.15, 0.2) is 29.1 Å². The molecule has 0 bridgehead atoms. The first-order valence-corrected chi connectivity index (χ1v) is 13.5. The molecule has 0 spiro atoms. The van der Waals surface area contributed by atoms with Crippen molar-refractivity contribution in [1.82, 2.24) is 14.5 Å². The number of rotatable bonds is 5. The van der Waals surface area contributed by atoms with Gasteiger partial charge in [-0.05, 0) is 51.2 Å². The molecular formula is C28H43N3O3. The second-order valence-corrected chi connectivity index (χ2v) is 9.41. The van der Waals surface area contributed by atoms with Gasteiger partial charge in [0.1, 0.15) is 0 Å². The highest BCUT2D eigenvalue weighted by Crippen LogP contribution is 2.38. The van der Waals surface area contributed by atoms with Crippen molar-refractivity contribution >= 4 is 17.0 Å². The average Bonchev–Trinajstić information content (AvgIpc) is 2.86. The van der Waals surface area contributed by atoms with Gasteiger partial charge in [0.25, 0.3) is 5.56 Å². The van der Waals surface area contributed by atoms with E-state index in [-0.39, 0.29) is 23.9 Å². The SMILES string of the molecule is CC.CCOC(=O)c1nc2ccccc2n(C2CCN(C3(CC)CCCCCCC3)CC2)c1=O. The monoisotopic (exact) mass is 469 g/mol. The van der Waals surface area contributed by atoms with Crippen LogP contribution in [0.25, 0.3) is 11.0 Å². The van der Waals surface area contributed by atoms with Gasteiger partial charge in [-0.15, -0.1) is 0 Å². The molecule has 188 valence electrons. The molecule has 4 rings (SSSR count). The molecule has 6 nitrogen and oxygen atoms in total. The minimum absolute atomic E-state index is 0.0716. The summed E-state index contributed by atoms with van der Waals surface area (Å²) in [6, 6.07) is 7.69. The number of fused-ring (bicyclic) bond motifs is 1. The zero-order chi connectivity index (χ0) is 24.6. The summed E-state index contributed by atoms with van der Waals surface area (Å²) in [7, 11) is 0. The van der Waals surface area contributed by atoms with Crippen molar-refractivity contribution in [3.63, 3.8) is 0 Å². The fourth-order valence-corrected chi connectivity index (χ4v) is 5.90. The highest BCUT2D eigenvalue weighted by Gasteiger charge is 2.37. The Morgan fingerprint density at radius 2 is 1.65 bits per heavy atom. The molecular weight excluding hydrogens is 426 g/mol. The lowest BCUT2D eigenvalue weighted by Gasteiger charge is -2.48. The molecule has 0 amide bonds. The first-order chi connectivity index (χ1) is 16.6. The summed E-state index contributed by atoms with van der Waals surface area (Å²) in [4.78, 5) is 32.9. The number of nitrogens with zero attached hydrogens (tertiary/aromatic N) is 3. The number of para-hydroxylation sites is 2. The number of esters is 1. The van der Waals surface area contributed by atoms with Crippen LogP contribution in [0, 0.1) is 0 Å². The summed E-state index contributed by atoms with van der Waals surface area (Å²) < 4.78 is 6.95. The van der Waals surface area contributed by atoms with Crippen molar-refractivity contribution in [3.05, 3.63) is 40.3 Å². The van der Waals surface area contributed by atoms with Gasteiger partial charge in [0.05, 0.1) is 17.6 Å².